The van der Waals surface area contributed by atoms with E-state index in [0.717, 1.165) is 41.9 Å². The highest BCUT2D eigenvalue weighted by atomic mass is 35.5. The molecule has 1 saturated carbocycles. The summed E-state index contributed by atoms with van der Waals surface area (Å²) in [5.41, 5.74) is 1.14. The van der Waals surface area contributed by atoms with Crippen LogP contribution >= 0.6 is 22.9 Å². The van der Waals surface area contributed by atoms with E-state index in [-0.39, 0.29) is 5.91 Å². The number of benzene rings is 1. The van der Waals surface area contributed by atoms with E-state index in [2.05, 4.69) is 31.4 Å². The second-order valence-electron chi connectivity index (χ2n) is 7.57. The van der Waals surface area contributed by atoms with E-state index in [1.807, 2.05) is 18.2 Å². The van der Waals surface area contributed by atoms with Crippen molar-refractivity contribution in [3.63, 3.8) is 0 Å². The Bertz CT molecular complexity index is 799. The Labute approximate surface area is 174 Å². The topological polar surface area (TPSA) is 61.4 Å². The van der Waals surface area contributed by atoms with Crippen LogP contribution in [0.2, 0.25) is 5.02 Å². The smallest absolute Gasteiger partial charge is 0.240 e. The van der Waals surface area contributed by atoms with Crippen molar-refractivity contribution in [1.29, 1.82) is 0 Å². The van der Waals surface area contributed by atoms with Crippen LogP contribution in [0.1, 0.15) is 43.0 Å². The Kier molecular flexibility index (Phi) is 6.44. The fraction of sp³-hybridized carbons (Fsp3) is 0.550. The Morgan fingerprint density at radius 1 is 1.14 bits per heavy atom. The maximum Gasteiger partial charge on any atom is 0.240 e. The van der Waals surface area contributed by atoms with Gasteiger partial charge in [-0.1, -0.05) is 48.3 Å². The molecule has 0 atom stereocenters. The van der Waals surface area contributed by atoms with Crippen LogP contribution in [0.3, 0.4) is 0 Å². The molecule has 6 nitrogen and oxygen atoms in total. The molecule has 2 fully saturated rings. The molecule has 1 aromatic carbocycles. The average molecular weight is 420 g/mol. The summed E-state index contributed by atoms with van der Waals surface area (Å²) in [5, 5.41) is 13.9. The molecule has 0 radical (unpaired) electrons. The van der Waals surface area contributed by atoms with E-state index in [0.29, 0.717) is 17.6 Å². The number of anilines is 2. The van der Waals surface area contributed by atoms with Crippen LogP contribution in [0.4, 0.5) is 10.8 Å². The summed E-state index contributed by atoms with van der Waals surface area (Å²) in [6.07, 6.45) is 6.25. The SMILES string of the molecule is O=C(CN1CCN(c2cccc(Cl)c2)CC1)Nc1nnc(C2CCCCC2)s1. The molecule has 1 aliphatic heterocycles. The molecule has 28 heavy (non-hydrogen) atoms. The molecule has 0 bridgehead atoms. The summed E-state index contributed by atoms with van der Waals surface area (Å²) >= 11 is 7.63. The van der Waals surface area contributed by atoms with Crippen molar-refractivity contribution >= 4 is 39.7 Å². The van der Waals surface area contributed by atoms with E-state index < -0.39 is 0 Å². The third kappa shape index (κ3) is 5.01. The molecule has 2 aliphatic rings. The van der Waals surface area contributed by atoms with E-state index in [1.54, 1.807) is 0 Å². The van der Waals surface area contributed by atoms with Crippen LogP contribution < -0.4 is 10.2 Å². The molecule has 0 spiro atoms. The standard InChI is InChI=1S/C20H26ClN5OS/c21-16-7-4-8-17(13-16)26-11-9-25(10-12-26)14-18(27)22-20-24-23-19(28-20)15-5-2-1-3-6-15/h4,7-8,13,15H,1-3,5-6,9-12,14H2,(H,22,24,27). The van der Waals surface area contributed by atoms with Crippen molar-refractivity contribution in [3.8, 4) is 0 Å². The summed E-state index contributed by atoms with van der Waals surface area (Å²) in [4.78, 5) is 16.9. The maximum atomic E-state index is 12.4. The zero-order valence-corrected chi connectivity index (χ0v) is 17.5. The van der Waals surface area contributed by atoms with Crippen molar-refractivity contribution in [1.82, 2.24) is 15.1 Å². The summed E-state index contributed by atoms with van der Waals surface area (Å²) in [6, 6.07) is 7.93. The van der Waals surface area contributed by atoms with E-state index in [4.69, 9.17) is 11.6 Å². The second kappa shape index (κ2) is 9.20. The van der Waals surface area contributed by atoms with Crippen molar-refractivity contribution in [2.24, 2.45) is 0 Å². The molecule has 150 valence electrons. The number of hydrogen-bond acceptors (Lipinski definition) is 6. The third-order valence-corrected chi connectivity index (χ3v) is 6.79. The molecule has 1 aliphatic carbocycles. The second-order valence-corrected chi connectivity index (χ2v) is 9.02. The van der Waals surface area contributed by atoms with Crippen molar-refractivity contribution < 1.29 is 4.79 Å². The maximum absolute atomic E-state index is 12.4. The lowest BCUT2D eigenvalue weighted by Gasteiger charge is -2.35. The van der Waals surface area contributed by atoms with Gasteiger partial charge in [0, 0.05) is 42.8 Å². The first kappa shape index (κ1) is 19.6. The van der Waals surface area contributed by atoms with Crippen molar-refractivity contribution in [2.75, 3.05) is 42.9 Å². The van der Waals surface area contributed by atoms with Crippen molar-refractivity contribution in [2.45, 2.75) is 38.0 Å². The molecule has 1 N–H and O–H groups in total. The largest absolute Gasteiger partial charge is 0.369 e. The first-order chi connectivity index (χ1) is 13.7. The highest BCUT2D eigenvalue weighted by Gasteiger charge is 2.22. The van der Waals surface area contributed by atoms with Gasteiger partial charge in [0.2, 0.25) is 11.0 Å². The third-order valence-electron chi connectivity index (χ3n) is 5.55. The molecule has 8 heteroatoms. The molecule has 2 heterocycles. The fourth-order valence-electron chi connectivity index (χ4n) is 4.00. The van der Waals surface area contributed by atoms with Gasteiger partial charge in [-0.15, -0.1) is 10.2 Å². The highest BCUT2D eigenvalue weighted by molar-refractivity contribution is 7.15. The van der Waals surface area contributed by atoms with Gasteiger partial charge in [-0.25, -0.2) is 0 Å². The number of nitrogens with one attached hydrogen (secondary N) is 1. The average Bonchev–Trinajstić information content (AvgIpc) is 3.17. The van der Waals surface area contributed by atoms with Gasteiger partial charge in [0.1, 0.15) is 5.01 Å². The lowest BCUT2D eigenvalue weighted by Crippen LogP contribution is -2.48. The number of piperazine rings is 1. The van der Waals surface area contributed by atoms with Gasteiger partial charge < -0.3 is 4.90 Å². The zero-order valence-electron chi connectivity index (χ0n) is 15.9. The molecule has 1 amide bonds. The number of amides is 1. The van der Waals surface area contributed by atoms with Gasteiger partial charge >= 0.3 is 0 Å². The summed E-state index contributed by atoms with van der Waals surface area (Å²) in [6.45, 7) is 3.87. The van der Waals surface area contributed by atoms with Gasteiger partial charge in [0.25, 0.3) is 0 Å². The summed E-state index contributed by atoms with van der Waals surface area (Å²) < 4.78 is 0. The molecular formula is C20H26ClN5OS. The van der Waals surface area contributed by atoms with E-state index in [9.17, 15) is 4.79 Å². The number of hydrogen-bond donors (Lipinski definition) is 1. The minimum Gasteiger partial charge on any atom is -0.369 e. The van der Waals surface area contributed by atoms with Crippen molar-refractivity contribution in [3.05, 3.63) is 34.3 Å². The predicted octanol–water partition coefficient (Wildman–Crippen LogP) is 4.00. The Hall–Kier alpha value is -1.70. The van der Waals surface area contributed by atoms with Crippen LogP contribution in [-0.2, 0) is 4.79 Å². The molecular weight excluding hydrogens is 394 g/mol. The normalized spacial score (nSPS) is 19.0. The lowest BCUT2D eigenvalue weighted by molar-refractivity contribution is -0.117. The number of carbonyl (C=O) groups is 1. The van der Waals surface area contributed by atoms with Crippen LogP contribution in [0.15, 0.2) is 24.3 Å². The Morgan fingerprint density at radius 3 is 2.68 bits per heavy atom. The summed E-state index contributed by atoms with van der Waals surface area (Å²) in [5.74, 6) is 0.513. The molecule has 1 aromatic heterocycles. The van der Waals surface area contributed by atoms with Crippen LogP contribution in [0.25, 0.3) is 0 Å². The minimum absolute atomic E-state index is 0.0115. The van der Waals surface area contributed by atoms with Gasteiger partial charge in [-0.05, 0) is 31.0 Å². The fourth-order valence-corrected chi connectivity index (χ4v) is 5.11. The molecule has 1 saturated heterocycles. The lowest BCUT2D eigenvalue weighted by atomic mass is 9.90. The Balaban J connectivity index is 1.24. The van der Waals surface area contributed by atoms with E-state index >= 15 is 0 Å². The number of carbonyl (C=O) groups excluding carboxylic acids is 1. The minimum atomic E-state index is -0.0115. The molecule has 2 aromatic rings. The van der Waals surface area contributed by atoms with Gasteiger partial charge in [0.05, 0.1) is 6.54 Å². The Morgan fingerprint density at radius 2 is 1.93 bits per heavy atom. The first-order valence-electron chi connectivity index (χ1n) is 10.0. The van der Waals surface area contributed by atoms with E-state index in [1.165, 1.54) is 43.4 Å². The van der Waals surface area contributed by atoms with Crippen LogP contribution in [0, 0.1) is 0 Å². The highest BCUT2D eigenvalue weighted by Crippen LogP contribution is 2.35. The van der Waals surface area contributed by atoms with Crippen LogP contribution in [-0.4, -0.2) is 53.7 Å². The number of aromatic nitrogens is 2. The zero-order chi connectivity index (χ0) is 19.3. The first-order valence-corrected chi connectivity index (χ1v) is 11.2. The monoisotopic (exact) mass is 419 g/mol. The summed E-state index contributed by atoms with van der Waals surface area (Å²) in [7, 11) is 0. The van der Waals surface area contributed by atoms with Crippen LogP contribution in [0.5, 0.6) is 0 Å². The van der Waals surface area contributed by atoms with Gasteiger partial charge in [-0.3, -0.25) is 15.0 Å². The number of rotatable bonds is 5. The van der Waals surface area contributed by atoms with Gasteiger partial charge in [0.15, 0.2) is 0 Å². The quantitative estimate of drug-likeness (QED) is 0.793. The number of halogens is 1. The number of nitrogens with zero attached hydrogens (tertiary/aromatic N) is 4. The molecule has 4 rings (SSSR count). The molecule has 0 unspecified atom stereocenters. The van der Waals surface area contributed by atoms with Gasteiger partial charge in [-0.2, -0.15) is 0 Å². The predicted molar refractivity (Wildman–Crippen MR) is 114 cm³/mol.